The third kappa shape index (κ3) is 2.67. The molecule has 0 spiro atoms. The second kappa shape index (κ2) is 6.42. The molecule has 0 saturated heterocycles. The SMILES string of the molecule is COC(=O)c1cccc2c(Oc3ccccc3N)ccc(C=O)c12. The Labute approximate surface area is 138 Å². The lowest BCUT2D eigenvalue weighted by atomic mass is 9.99. The molecule has 0 aliphatic heterocycles. The first-order chi connectivity index (χ1) is 11.7. The van der Waals surface area contributed by atoms with Crippen molar-refractivity contribution in [3.63, 3.8) is 0 Å². The lowest BCUT2D eigenvalue weighted by molar-refractivity contribution is 0.0603. The second-order valence-electron chi connectivity index (χ2n) is 5.13. The summed E-state index contributed by atoms with van der Waals surface area (Å²) in [5, 5.41) is 1.12. The summed E-state index contributed by atoms with van der Waals surface area (Å²) >= 11 is 0. The summed E-state index contributed by atoms with van der Waals surface area (Å²) in [5.41, 5.74) is 7.10. The highest BCUT2D eigenvalue weighted by Crippen LogP contribution is 2.35. The zero-order chi connectivity index (χ0) is 17.1. The van der Waals surface area contributed by atoms with Crippen LogP contribution in [0.5, 0.6) is 11.5 Å². The van der Waals surface area contributed by atoms with Crippen LogP contribution in [0.1, 0.15) is 20.7 Å². The van der Waals surface area contributed by atoms with Crippen LogP contribution in [0, 0.1) is 0 Å². The van der Waals surface area contributed by atoms with Crippen LogP contribution in [-0.4, -0.2) is 19.4 Å². The van der Waals surface area contributed by atoms with E-state index in [1.54, 1.807) is 42.5 Å². The van der Waals surface area contributed by atoms with E-state index in [2.05, 4.69) is 0 Å². The van der Waals surface area contributed by atoms with E-state index < -0.39 is 5.97 Å². The Morgan fingerprint density at radius 1 is 1.00 bits per heavy atom. The molecule has 0 aliphatic rings. The summed E-state index contributed by atoms with van der Waals surface area (Å²) in [4.78, 5) is 23.4. The molecule has 3 aromatic rings. The average Bonchev–Trinajstić information content (AvgIpc) is 2.62. The molecule has 0 heterocycles. The van der Waals surface area contributed by atoms with Gasteiger partial charge in [0.25, 0.3) is 0 Å². The molecule has 2 N–H and O–H groups in total. The van der Waals surface area contributed by atoms with Crippen molar-refractivity contribution in [2.45, 2.75) is 0 Å². The lowest BCUT2D eigenvalue weighted by Gasteiger charge is -2.13. The number of methoxy groups -OCH3 is 1. The van der Waals surface area contributed by atoms with Gasteiger partial charge in [-0.25, -0.2) is 4.79 Å². The van der Waals surface area contributed by atoms with Crippen LogP contribution < -0.4 is 10.5 Å². The summed E-state index contributed by atoms with van der Waals surface area (Å²) in [6, 6.07) is 15.5. The molecule has 0 unspecified atom stereocenters. The Hall–Kier alpha value is -3.34. The van der Waals surface area contributed by atoms with Crippen LogP contribution in [0.4, 0.5) is 5.69 Å². The highest BCUT2D eigenvalue weighted by atomic mass is 16.5. The number of aldehydes is 1. The van der Waals surface area contributed by atoms with Gasteiger partial charge in [0.05, 0.1) is 18.4 Å². The predicted octanol–water partition coefficient (Wildman–Crippen LogP) is 3.81. The lowest BCUT2D eigenvalue weighted by Crippen LogP contribution is -2.04. The smallest absolute Gasteiger partial charge is 0.338 e. The molecule has 120 valence electrons. The Morgan fingerprint density at radius 2 is 1.79 bits per heavy atom. The van der Waals surface area contributed by atoms with Gasteiger partial charge in [0.1, 0.15) is 11.5 Å². The van der Waals surface area contributed by atoms with Crippen molar-refractivity contribution in [2.75, 3.05) is 12.8 Å². The van der Waals surface area contributed by atoms with Gasteiger partial charge in [-0.1, -0.05) is 24.3 Å². The minimum Gasteiger partial charge on any atom is -0.465 e. The van der Waals surface area contributed by atoms with Crippen LogP contribution in [-0.2, 0) is 4.74 Å². The minimum atomic E-state index is -0.514. The molecule has 3 aromatic carbocycles. The molecule has 0 radical (unpaired) electrons. The number of nitrogen functional groups attached to an aromatic ring is 1. The van der Waals surface area contributed by atoms with Gasteiger partial charge in [-0.15, -0.1) is 0 Å². The average molecular weight is 321 g/mol. The number of nitrogens with two attached hydrogens (primary N) is 1. The van der Waals surface area contributed by atoms with E-state index in [1.807, 2.05) is 12.1 Å². The first kappa shape index (κ1) is 15.6. The number of carbonyl (C=O) groups excluding carboxylic acids is 2. The predicted molar refractivity (Wildman–Crippen MR) is 91.6 cm³/mol. The van der Waals surface area contributed by atoms with Gasteiger partial charge in [-0.3, -0.25) is 4.79 Å². The Balaban J connectivity index is 2.22. The van der Waals surface area contributed by atoms with Crippen molar-refractivity contribution in [1.82, 2.24) is 0 Å². The van der Waals surface area contributed by atoms with Crippen molar-refractivity contribution in [1.29, 1.82) is 0 Å². The summed E-state index contributed by atoms with van der Waals surface area (Å²) in [6.07, 6.45) is 0.704. The number of para-hydroxylation sites is 2. The molecule has 5 heteroatoms. The van der Waals surface area contributed by atoms with Crippen molar-refractivity contribution in [3.8, 4) is 11.5 Å². The number of anilines is 1. The zero-order valence-corrected chi connectivity index (χ0v) is 13.0. The van der Waals surface area contributed by atoms with Gasteiger partial charge >= 0.3 is 5.97 Å². The largest absolute Gasteiger partial charge is 0.465 e. The number of fused-ring (bicyclic) bond motifs is 1. The van der Waals surface area contributed by atoms with Gasteiger partial charge in [0, 0.05) is 16.3 Å². The fraction of sp³-hybridized carbons (Fsp3) is 0.0526. The number of benzene rings is 3. The number of carbonyl (C=O) groups is 2. The van der Waals surface area contributed by atoms with Gasteiger partial charge in [0.2, 0.25) is 0 Å². The van der Waals surface area contributed by atoms with E-state index in [0.717, 1.165) is 0 Å². The maximum atomic E-state index is 12.0. The molecule has 0 aromatic heterocycles. The molecule has 0 saturated carbocycles. The quantitative estimate of drug-likeness (QED) is 0.449. The summed E-state index contributed by atoms with van der Waals surface area (Å²) in [7, 11) is 1.30. The van der Waals surface area contributed by atoms with Crippen molar-refractivity contribution < 1.29 is 19.1 Å². The van der Waals surface area contributed by atoms with Crippen LogP contribution >= 0.6 is 0 Å². The van der Waals surface area contributed by atoms with Crippen LogP contribution in [0.25, 0.3) is 10.8 Å². The third-order valence-electron chi connectivity index (χ3n) is 3.70. The van der Waals surface area contributed by atoms with Gasteiger partial charge in [-0.05, 0) is 30.3 Å². The molecule has 0 aliphatic carbocycles. The molecule has 3 rings (SSSR count). The number of esters is 1. The number of hydrogen-bond acceptors (Lipinski definition) is 5. The van der Waals surface area contributed by atoms with Crippen LogP contribution in [0.2, 0.25) is 0 Å². The van der Waals surface area contributed by atoms with E-state index in [4.69, 9.17) is 15.2 Å². The standard InChI is InChI=1S/C19H15NO4/c1-23-19(22)14-6-4-5-13-16(10-9-12(11-21)18(13)14)24-17-8-3-2-7-15(17)20/h2-11H,20H2,1H3. The maximum absolute atomic E-state index is 12.0. The Bertz CT molecular complexity index is 934. The Morgan fingerprint density at radius 3 is 2.50 bits per heavy atom. The van der Waals surface area contributed by atoms with Crippen LogP contribution in [0.3, 0.4) is 0 Å². The monoisotopic (exact) mass is 321 g/mol. The molecule has 0 atom stereocenters. The van der Waals surface area contributed by atoms with E-state index in [-0.39, 0.29) is 0 Å². The molecule has 0 bridgehead atoms. The summed E-state index contributed by atoms with van der Waals surface area (Å²) < 4.78 is 10.7. The van der Waals surface area contributed by atoms with E-state index >= 15 is 0 Å². The summed E-state index contributed by atoms with van der Waals surface area (Å²) in [5.74, 6) is 0.487. The number of rotatable bonds is 4. The zero-order valence-electron chi connectivity index (χ0n) is 13.0. The van der Waals surface area contributed by atoms with Crippen molar-refractivity contribution in [2.24, 2.45) is 0 Å². The Kier molecular flexibility index (Phi) is 4.16. The fourth-order valence-corrected chi connectivity index (χ4v) is 2.57. The third-order valence-corrected chi connectivity index (χ3v) is 3.70. The second-order valence-corrected chi connectivity index (χ2v) is 5.13. The number of ether oxygens (including phenoxy) is 2. The molecule has 24 heavy (non-hydrogen) atoms. The maximum Gasteiger partial charge on any atom is 0.338 e. The molecule has 0 amide bonds. The minimum absolute atomic E-state index is 0.309. The van der Waals surface area contributed by atoms with Gasteiger partial charge in [0.15, 0.2) is 6.29 Å². The van der Waals surface area contributed by atoms with E-state index in [1.165, 1.54) is 7.11 Å². The normalized spacial score (nSPS) is 10.4. The van der Waals surface area contributed by atoms with E-state index in [9.17, 15) is 9.59 Å². The van der Waals surface area contributed by atoms with Gasteiger partial charge < -0.3 is 15.2 Å². The molecular formula is C19H15NO4. The van der Waals surface area contributed by atoms with Crippen molar-refractivity contribution in [3.05, 3.63) is 65.7 Å². The van der Waals surface area contributed by atoms with Gasteiger partial charge in [-0.2, -0.15) is 0 Å². The molecule has 0 fully saturated rings. The van der Waals surface area contributed by atoms with Crippen LogP contribution in [0.15, 0.2) is 54.6 Å². The highest BCUT2D eigenvalue weighted by Gasteiger charge is 2.16. The van der Waals surface area contributed by atoms with Crippen molar-refractivity contribution >= 4 is 28.7 Å². The topological polar surface area (TPSA) is 78.6 Å². The number of hydrogen-bond donors (Lipinski definition) is 1. The summed E-state index contributed by atoms with van der Waals surface area (Å²) in [6.45, 7) is 0. The fourth-order valence-electron chi connectivity index (χ4n) is 2.57. The molecule has 5 nitrogen and oxygen atoms in total. The first-order valence-corrected chi connectivity index (χ1v) is 7.27. The highest BCUT2D eigenvalue weighted by molar-refractivity contribution is 6.12. The van der Waals surface area contributed by atoms with E-state index in [0.29, 0.717) is 45.4 Å². The molecular weight excluding hydrogens is 306 g/mol. The first-order valence-electron chi connectivity index (χ1n) is 7.27.